The zero-order valence-corrected chi connectivity index (χ0v) is 19.1. The van der Waals surface area contributed by atoms with Gasteiger partial charge in [0.1, 0.15) is 0 Å². The Bertz CT molecular complexity index is 769. The number of nitrogens with one attached hydrogen (secondary N) is 3. The Morgan fingerprint density at radius 3 is 1.50 bits per heavy atom. The quantitative estimate of drug-likeness (QED) is 0.555. The predicted molar refractivity (Wildman–Crippen MR) is 127 cm³/mol. The first-order valence-corrected chi connectivity index (χ1v) is 12.7. The van der Waals surface area contributed by atoms with Crippen LogP contribution in [-0.2, 0) is 9.59 Å². The van der Waals surface area contributed by atoms with Crippen molar-refractivity contribution in [3.05, 3.63) is 23.8 Å². The van der Waals surface area contributed by atoms with Gasteiger partial charge in [0.15, 0.2) is 0 Å². The normalized spacial score (nSPS) is 20.6. The molecule has 1 aromatic rings. The molecule has 0 saturated heterocycles. The number of amides is 3. The maximum absolute atomic E-state index is 12.9. The summed E-state index contributed by atoms with van der Waals surface area (Å²) in [7, 11) is 0. The standard InChI is InChI=1S/C26H37N3O3/c30-24(18-9-3-1-4-10-18)28-22-15-20(26(32)27-21-13-7-8-14-21)16-23(17-22)29-25(31)19-11-5-2-6-12-19/h15-19,21H,1-14H2,(H,27,32)(H,28,30)(H,29,31). The van der Waals surface area contributed by atoms with E-state index < -0.39 is 0 Å². The lowest BCUT2D eigenvalue weighted by molar-refractivity contribution is -0.121. The first-order chi connectivity index (χ1) is 15.6. The molecule has 3 saturated carbocycles. The van der Waals surface area contributed by atoms with Gasteiger partial charge in [0, 0.05) is 34.8 Å². The van der Waals surface area contributed by atoms with Gasteiger partial charge in [-0.15, -0.1) is 0 Å². The highest BCUT2D eigenvalue weighted by molar-refractivity contribution is 6.01. The first-order valence-electron chi connectivity index (χ1n) is 12.7. The molecular formula is C26H37N3O3. The van der Waals surface area contributed by atoms with Crippen molar-refractivity contribution in [2.45, 2.75) is 95.9 Å². The van der Waals surface area contributed by atoms with Crippen LogP contribution in [0.2, 0.25) is 0 Å². The van der Waals surface area contributed by atoms with Crippen molar-refractivity contribution < 1.29 is 14.4 Å². The van der Waals surface area contributed by atoms with Gasteiger partial charge in [-0.3, -0.25) is 14.4 Å². The summed E-state index contributed by atoms with van der Waals surface area (Å²) in [6.07, 6.45) is 14.7. The summed E-state index contributed by atoms with van der Waals surface area (Å²) in [6.45, 7) is 0. The Labute approximate surface area is 191 Å². The highest BCUT2D eigenvalue weighted by atomic mass is 16.2. The molecule has 0 bridgehead atoms. The van der Waals surface area contributed by atoms with Crippen molar-refractivity contribution in [1.82, 2.24) is 5.32 Å². The number of anilines is 2. The van der Waals surface area contributed by atoms with Crippen molar-refractivity contribution >= 4 is 29.1 Å². The average Bonchev–Trinajstić information content (AvgIpc) is 3.33. The molecule has 6 nitrogen and oxygen atoms in total. The van der Waals surface area contributed by atoms with Gasteiger partial charge in [0.2, 0.25) is 11.8 Å². The third kappa shape index (κ3) is 6.11. The minimum atomic E-state index is -0.140. The molecule has 6 heteroatoms. The zero-order valence-electron chi connectivity index (χ0n) is 19.1. The fourth-order valence-electron chi connectivity index (χ4n) is 5.46. The summed E-state index contributed by atoms with van der Waals surface area (Å²) in [5.41, 5.74) is 1.65. The molecule has 3 fully saturated rings. The van der Waals surface area contributed by atoms with Crippen LogP contribution in [0.25, 0.3) is 0 Å². The highest BCUT2D eigenvalue weighted by Gasteiger charge is 2.24. The van der Waals surface area contributed by atoms with Gasteiger partial charge in [-0.2, -0.15) is 0 Å². The van der Waals surface area contributed by atoms with Crippen LogP contribution >= 0.6 is 0 Å². The van der Waals surface area contributed by atoms with Crippen LogP contribution in [0.5, 0.6) is 0 Å². The van der Waals surface area contributed by atoms with Gasteiger partial charge in [0.25, 0.3) is 5.91 Å². The summed E-state index contributed by atoms with van der Waals surface area (Å²) < 4.78 is 0. The van der Waals surface area contributed by atoms with Crippen LogP contribution in [0, 0.1) is 11.8 Å². The van der Waals surface area contributed by atoms with Crippen LogP contribution in [-0.4, -0.2) is 23.8 Å². The third-order valence-electron chi connectivity index (χ3n) is 7.37. The first kappa shape index (κ1) is 22.8. The topological polar surface area (TPSA) is 87.3 Å². The van der Waals surface area contributed by atoms with E-state index >= 15 is 0 Å². The van der Waals surface area contributed by atoms with Gasteiger partial charge in [0.05, 0.1) is 0 Å². The number of hydrogen-bond donors (Lipinski definition) is 3. The van der Waals surface area contributed by atoms with Gasteiger partial charge >= 0.3 is 0 Å². The van der Waals surface area contributed by atoms with E-state index in [-0.39, 0.29) is 35.6 Å². The van der Waals surface area contributed by atoms with E-state index in [1.54, 1.807) is 18.2 Å². The highest BCUT2D eigenvalue weighted by Crippen LogP contribution is 2.28. The minimum Gasteiger partial charge on any atom is -0.349 e. The molecule has 3 aliphatic carbocycles. The molecule has 3 N–H and O–H groups in total. The van der Waals surface area contributed by atoms with Gasteiger partial charge < -0.3 is 16.0 Å². The second kappa shape index (κ2) is 11.0. The Kier molecular flexibility index (Phi) is 7.82. The van der Waals surface area contributed by atoms with E-state index in [9.17, 15) is 14.4 Å². The van der Waals surface area contributed by atoms with Crippen LogP contribution in [0.1, 0.15) is 100 Å². The van der Waals surface area contributed by atoms with Crippen molar-refractivity contribution in [3.8, 4) is 0 Å². The molecule has 1 aromatic carbocycles. The summed E-state index contributed by atoms with van der Waals surface area (Å²) in [4.78, 5) is 38.6. The van der Waals surface area contributed by atoms with Crippen LogP contribution in [0.4, 0.5) is 11.4 Å². The number of hydrogen-bond acceptors (Lipinski definition) is 3. The summed E-state index contributed by atoms with van der Waals surface area (Å²) >= 11 is 0. The van der Waals surface area contributed by atoms with Gasteiger partial charge in [-0.25, -0.2) is 0 Å². The molecule has 0 aliphatic heterocycles. The fraction of sp³-hybridized carbons (Fsp3) is 0.654. The second-order valence-electron chi connectivity index (χ2n) is 9.90. The molecule has 0 heterocycles. The number of rotatable bonds is 6. The average molecular weight is 440 g/mol. The predicted octanol–water partition coefficient (Wildman–Crippen LogP) is 5.40. The molecule has 174 valence electrons. The molecule has 0 spiro atoms. The van der Waals surface area contributed by atoms with Crippen LogP contribution < -0.4 is 16.0 Å². The van der Waals surface area contributed by atoms with E-state index in [2.05, 4.69) is 16.0 Å². The molecule has 3 amide bonds. The lowest BCUT2D eigenvalue weighted by atomic mass is 9.88. The zero-order chi connectivity index (χ0) is 22.3. The minimum absolute atomic E-state index is 0.0163. The van der Waals surface area contributed by atoms with Crippen LogP contribution in [0.3, 0.4) is 0 Å². The molecule has 0 unspecified atom stereocenters. The van der Waals surface area contributed by atoms with Crippen molar-refractivity contribution in [2.24, 2.45) is 11.8 Å². The lowest BCUT2D eigenvalue weighted by Gasteiger charge is -2.22. The van der Waals surface area contributed by atoms with Crippen molar-refractivity contribution in [1.29, 1.82) is 0 Å². The summed E-state index contributed by atoms with van der Waals surface area (Å²) in [6, 6.07) is 5.47. The second-order valence-corrected chi connectivity index (χ2v) is 9.90. The number of carbonyl (C=O) groups excluding carboxylic acids is 3. The SMILES string of the molecule is O=C(NC1CCCC1)c1cc(NC(=O)C2CCCCC2)cc(NC(=O)C2CCCCC2)c1. The van der Waals surface area contributed by atoms with E-state index in [1.165, 1.54) is 12.8 Å². The Morgan fingerprint density at radius 2 is 1.03 bits per heavy atom. The van der Waals surface area contributed by atoms with E-state index in [1.807, 2.05) is 0 Å². The lowest BCUT2D eigenvalue weighted by Crippen LogP contribution is -2.33. The Morgan fingerprint density at radius 1 is 0.594 bits per heavy atom. The molecule has 3 aliphatic rings. The molecule has 0 aromatic heterocycles. The largest absolute Gasteiger partial charge is 0.349 e. The van der Waals surface area contributed by atoms with Crippen molar-refractivity contribution in [2.75, 3.05) is 10.6 Å². The van der Waals surface area contributed by atoms with E-state index in [0.717, 1.165) is 77.0 Å². The number of carbonyl (C=O) groups is 3. The molecule has 32 heavy (non-hydrogen) atoms. The molecule has 0 atom stereocenters. The smallest absolute Gasteiger partial charge is 0.251 e. The number of benzene rings is 1. The maximum atomic E-state index is 12.9. The van der Waals surface area contributed by atoms with Crippen LogP contribution in [0.15, 0.2) is 18.2 Å². The Hall–Kier alpha value is -2.37. The maximum Gasteiger partial charge on any atom is 0.251 e. The molecular weight excluding hydrogens is 402 g/mol. The van der Waals surface area contributed by atoms with Gasteiger partial charge in [-0.1, -0.05) is 51.4 Å². The van der Waals surface area contributed by atoms with E-state index in [4.69, 9.17) is 0 Å². The van der Waals surface area contributed by atoms with E-state index in [0.29, 0.717) is 16.9 Å². The summed E-state index contributed by atoms with van der Waals surface area (Å²) in [5, 5.41) is 9.17. The third-order valence-corrected chi connectivity index (χ3v) is 7.37. The summed E-state index contributed by atoms with van der Waals surface area (Å²) in [5.74, 6) is -0.0518. The van der Waals surface area contributed by atoms with Gasteiger partial charge in [-0.05, 0) is 56.7 Å². The molecule has 4 rings (SSSR count). The fourth-order valence-corrected chi connectivity index (χ4v) is 5.46. The molecule has 0 radical (unpaired) electrons. The Balaban J connectivity index is 1.50. The van der Waals surface area contributed by atoms with Crippen molar-refractivity contribution in [3.63, 3.8) is 0 Å². The monoisotopic (exact) mass is 439 g/mol.